The van der Waals surface area contributed by atoms with Crippen LogP contribution in [-0.4, -0.2) is 17.6 Å². The van der Waals surface area contributed by atoms with E-state index < -0.39 is 16.8 Å². The normalized spacial score (nSPS) is 14.3. The molecule has 0 radical (unpaired) electrons. The summed E-state index contributed by atoms with van der Waals surface area (Å²) in [5, 5.41) is 9.88. The Hall–Kier alpha value is -6.45. The molecule has 0 amide bonds. The van der Waals surface area contributed by atoms with Gasteiger partial charge in [-0.25, -0.2) is 0 Å². The molecule has 0 aromatic heterocycles. The van der Waals surface area contributed by atoms with E-state index in [1.54, 1.807) is 0 Å². The maximum atomic E-state index is 12.0. The lowest BCUT2D eigenvalue weighted by Gasteiger charge is -2.37. The molecule has 0 unspecified atom stereocenters. The van der Waals surface area contributed by atoms with E-state index in [0.717, 1.165) is 42.6 Å². The van der Waals surface area contributed by atoms with Crippen molar-refractivity contribution in [2.24, 2.45) is 0 Å². The van der Waals surface area contributed by atoms with E-state index in [2.05, 4.69) is 212 Å². The third kappa shape index (κ3) is 8.84. The Bertz CT molecular complexity index is 2270. The van der Waals surface area contributed by atoms with Crippen LogP contribution in [0.3, 0.4) is 0 Å². The summed E-state index contributed by atoms with van der Waals surface area (Å²) in [6.45, 7) is 7.39. The molecule has 1 aliphatic rings. The lowest BCUT2D eigenvalue weighted by molar-refractivity contribution is -0.136. The number of aliphatic carboxylic acids is 1. The molecule has 6 aromatic rings. The van der Waals surface area contributed by atoms with Crippen LogP contribution < -0.4 is 4.90 Å². The zero-order valence-corrected chi connectivity index (χ0v) is 32.8. The minimum atomic E-state index is -0.810. The van der Waals surface area contributed by atoms with Gasteiger partial charge in [-0.05, 0) is 89.3 Å². The first-order valence-corrected chi connectivity index (χ1v) is 19.9. The zero-order chi connectivity index (χ0) is 39.5. The van der Waals surface area contributed by atoms with Gasteiger partial charge in [-0.1, -0.05) is 195 Å². The second-order valence-electron chi connectivity index (χ2n) is 15.3. The summed E-state index contributed by atoms with van der Waals surface area (Å²) in [7, 11) is 0. The molecule has 1 aliphatic heterocycles. The predicted molar refractivity (Wildman–Crippen MR) is 237 cm³/mol. The molecule has 0 bridgehead atoms. The molecule has 284 valence electrons. The molecule has 6 aromatic carbocycles. The quantitative estimate of drug-likeness (QED) is 0.100. The Morgan fingerprint density at radius 1 is 0.632 bits per heavy atom. The highest BCUT2D eigenvalue weighted by atomic mass is 16.4. The van der Waals surface area contributed by atoms with E-state index in [-0.39, 0.29) is 6.42 Å². The molecule has 3 heteroatoms. The molecule has 0 spiro atoms. The first-order valence-electron chi connectivity index (χ1n) is 19.9. The maximum absolute atomic E-state index is 12.0. The first-order chi connectivity index (χ1) is 27.9. The van der Waals surface area contributed by atoms with Gasteiger partial charge < -0.3 is 10.0 Å². The molecule has 0 saturated heterocycles. The SMILES string of the molecule is C=C(/C=C/C=C/C=C1/N(CCC(=O)O)c2ccccc2C1(Cc1ccccc1)Cc1ccccc1)C(Cc1ccccc1)(Cc1ccccc1)c1ccccc1C. The fraction of sp³-hybridized carbons (Fsp3) is 0.167. The number of benzene rings is 6. The third-order valence-corrected chi connectivity index (χ3v) is 11.5. The molecule has 3 nitrogen and oxygen atoms in total. The van der Waals surface area contributed by atoms with Crippen molar-refractivity contribution in [3.63, 3.8) is 0 Å². The standard InChI is InChI=1S/C54H51NO2/c1-42-22-18-19-32-48(42)53(38-44-24-9-4-10-25-44,39-45-26-11-5-12-27-45)43(2)23-8-3-17-35-51-54(40-46-28-13-6-14-29-46,41-47-30-15-7-16-31-47)49-33-20-21-34-50(49)55(51)37-36-52(56)57/h3-35H,2,36-41H2,1H3,(H,56,57)/b17-3+,23-8+,51-35+. The van der Waals surface area contributed by atoms with Gasteiger partial charge in [0.05, 0.1) is 6.42 Å². The molecular formula is C54H51NO2. The van der Waals surface area contributed by atoms with E-state index in [0.29, 0.717) is 6.54 Å². The van der Waals surface area contributed by atoms with Crippen molar-refractivity contribution < 1.29 is 9.90 Å². The van der Waals surface area contributed by atoms with E-state index >= 15 is 0 Å². The fourth-order valence-electron chi connectivity index (χ4n) is 8.85. The van der Waals surface area contributed by atoms with E-state index in [9.17, 15) is 9.90 Å². The summed E-state index contributed by atoms with van der Waals surface area (Å²) in [5.74, 6) is -0.810. The Morgan fingerprint density at radius 2 is 1.12 bits per heavy atom. The average molecular weight is 746 g/mol. The van der Waals surface area contributed by atoms with Gasteiger partial charge in [0.1, 0.15) is 0 Å². The van der Waals surface area contributed by atoms with Gasteiger partial charge in [0.25, 0.3) is 0 Å². The summed E-state index contributed by atoms with van der Waals surface area (Å²) in [6, 6.07) is 60.0. The first kappa shape index (κ1) is 38.8. The number of aryl methyl sites for hydroxylation is 1. The van der Waals surface area contributed by atoms with Gasteiger partial charge in [-0.15, -0.1) is 0 Å². The van der Waals surface area contributed by atoms with Crippen LogP contribution >= 0.6 is 0 Å². The Kier molecular flexibility index (Phi) is 12.3. The number of hydrogen-bond acceptors (Lipinski definition) is 2. The number of carbonyl (C=O) groups is 1. The second kappa shape index (κ2) is 18.0. The van der Waals surface area contributed by atoms with Crippen molar-refractivity contribution in [2.45, 2.75) is 49.9 Å². The molecular weight excluding hydrogens is 695 g/mol. The minimum Gasteiger partial charge on any atom is -0.481 e. The van der Waals surface area contributed by atoms with Crippen molar-refractivity contribution in [1.82, 2.24) is 0 Å². The van der Waals surface area contributed by atoms with Crippen LogP contribution in [0.15, 0.2) is 218 Å². The van der Waals surface area contributed by atoms with Crippen LogP contribution in [0.25, 0.3) is 0 Å². The highest BCUT2D eigenvalue weighted by molar-refractivity contribution is 5.74. The molecule has 7 rings (SSSR count). The molecule has 0 aliphatic carbocycles. The molecule has 0 atom stereocenters. The number of para-hydroxylation sites is 1. The van der Waals surface area contributed by atoms with Crippen molar-refractivity contribution in [1.29, 1.82) is 0 Å². The number of rotatable bonds is 16. The summed E-state index contributed by atoms with van der Waals surface area (Å²) in [5.41, 5.74) is 11.1. The Morgan fingerprint density at radius 3 is 1.67 bits per heavy atom. The second-order valence-corrected chi connectivity index (χ2v) is 15.3. The van der Waals surface area contributed by atoms with Crippen molar-refractivity contribution in [3.8, 4) is 0 Å². The van der Waals surface area contributed by atoms with Gasteiger partial charge >= 0.3 is 5.97 Å². The maximum Gasteiger partial charge on any atom is 0.305 e. The highest BCUT2D eigenvalue weighted by Crippen LogP contribution is 2.52. The monoisotopic (exact) mass is 745 g/mol. The fourth-order valence-corrected chi connectivity index (χ4v) is 8.85. The summed E-state index contributed by atoms with van der Waals surface area (Å²) in [6.07, 6.45) is 13.9. The number of anilines is 1. The van der Waals surface area contributed by atoms with E-state index in [1.807, 2.05) is 0 Å². The molecule has 1 heterocycles. The predicted octanol–water partition coefficient (Wildman–Crippen LogP) is 12.0. The van der Waals surface area contributed by atoms with Gasteiger partial charge in [0.2, 0.25) is 0 Å². The topological polar surface area (TPSA) is 40.5 Å². The molecule has 0 saturated carbocycles. The van der Waals surface area contributed by atoms with Crippen LogP contribution in [0.2, 0.25) is 0 Å². The van der Waals surface area contributed by atoms with Gasteiger partial charge in [0, 0.05) is 28.8 Å². The number of hydrogen-bond donors (Lipinski definition) is 1. The van der Waals surface area contributed by atoms with Crippen molar-refractivity contribution >= 4 is 11.7 Å². The number of fused-ring (bicyclic) bond motifs is 1. The van der Waals surface area contributed by atoms with Crippen LogP contribution in [-0.2, 0) is 41.3 Å². The van der Waals surface area contributed by atoms with Crippen molar-refractivity contribution in [3.05, 3.63) is 257 Å². The molecule has 0 fully saturated rings. The molecule has 1 N–H and O–H groups in total. The van der Waals surface area contributed by atoms with Gasteiger partial charge in [0.15, 0.2) is 0 Å². The van der Waals surface area contributed by atoms with Crippen LogP contribution in [0, 0.1) is 6.92 Å². The summed E-state index contributed by atoms with van der Waals surface area (Å²) in [4.78, 5) is 14.3. The highest BCUT2D eigenvalue weighted by Gasteiger charge is 2.47. The smallest absolute Gasteiger partial charge is 0.305 e. The molecule has 57 heavy (non-hydrogen) atoms. The lowest BCUT2D eigenvalue weighted by atomic mass is 9.65. The van der Waals surface area contributed by atoms with Crippen LogP contribution in [0.4, 0.5) is 5.69 Å². The van der Waals surface area contributed by atoms with Crippen LogP contribution in [0.1, 0.15) is 45.4 Å². The third-order valence-electron chi connectivity index (χ3n) is 11.5. The lowest BCUT2D eigenvalue weighted by Crippen LogP contribution is -2.36. The number of carboxylic acids is 1. The van der Waals surface area contributed by atoms with E-state index in [1.165, 1.54) is 38.9 Å². The number of carboxylic acid groups (broad SMARTS) is 1. The van der Waals surface area contributed by atoms with Gasteiger partial charge in [-0.2, -0.15) is 0 Å². The Balaban J connectivity index is 1.30. The van der Waals surface area contributed by atoms with Crippen molar-refractivity contribution in [2.75, 3.05) is 11.4 Å². The van der Waals surface area contributed by atoms with Crippen LogP contribution in [0.5, 0.6) is 0 Å². The van der Waals surface area contributed by atoms with E-state index in [4.69, 9.17) is 6.58 Å². The number of allylic oxidation sites excluding steroid dienone is 7. The number of nitrogens with zero attached hydrogens (tertiary/aromatic N) is 1. The zero-order valence-electron chi connectivity index (χ0n) is 32.8. The largest absolute Gasteiger partial charge is 0.481 e. The Labute approximate surface area is 338 Å². The summed E-state index contributed by atoms with van der Waals surface area (Å²) >= 11 is 0. The van der Waals surface area contributed by atoms with Gasteiger partial charge in [-0.3, -0.25) is 4.79 Å². The average Bonchev–Trinajstić information content (AvgIpc) is 3.48. The summed E-state index contributed by atoms with van der Waals surface area (Å²) < 4.78 is 0. The minimum absolute atomic E-state index is 0.0334.